The predicted octanol–water partition coefficient (Wildman–Crippen LogP) is 2.15. The van der Waals surface area contributed by atoms with Crippen LogP contribution in [0.25, 0.3) is 0 Å². The number of amides is 2. The number of fused-ring (bicyclic) bond motifs is 1. The fourth-order valence-electron chi connectivity index (χ4n) is 2.89. The predicted molar refractivity (Wildman–Crippen MR) is 78.9 cm³/mol. The number of likely N-dealkylation sites (tertiary alicyclic amines) is 1. The normalized spacial score (nSPS) is 23.5. The summed E-state index contributed by atoms with van der Waals surface area (Å²) in [6.07, 6.45) is 5.92. The van der Waals surface area contributed by atoms with Crippen LogP contribution in [-0.4, -0.2) is 27.8 Å². The van der Waals surface area contributed by atoms with Gasteiger partial charge < -0.3 is 5.11 Å². The van der Waals surface area contributed by atoms with Gasteiger partial charge in [0.25, 0.3) is 5.91 Å². The van der Waals surface area contributed by atoms with Crippen molar-refractivity contribution in [3.8, 4) is 0 Å². The van der Waals surface area contributed by atoms with Gasteiger partial charge in [-0.15, -0.1) is 0 Å². The van der Waals surface area contributed by atoms with Crippen molar-refractivity contribution >= 4 is 17.8 Å². The highest BCUT2D eigenvalue weighted by atomic mass is 16.4. The van der Waals surface area contributed by atoms with Gasteiger partial charge in [-0.2, -0.15) is 0 Å². The molecule has 1 aliphatic carbocycles. The van der Waals surface area contributed by atoms with Crippen molar-refractivity contribution in [1.82, 2.24) is 4.90 Å². The van der Waals surface area contributed by atoms with E-state index in [2.05, 4.69) is 0 Å². The number of rotatable bonds is 3. The van der Waals surface area contributed by atoms with Crippen LogP contribution < -0.4 is 0 Å². The van der Waals surface area contributed by atoms with Crippen LogP contribution in [0.2, 0.25) is 0 Å². The number of imide groups is 1. The molecular weight excluding hydrogens is 282 g/mol. The molecule has 1 saturated heterocycles. The smallest absolute Gasteiger partial charge is 0.335 e. The van der Waals surface area contributed by atoms with Gasteiger partial charge in [-0.05, 0) is 31.0 Å². The van der Waals surface area contributed by atoms with Crippen molar-refractivity contribution in [1.29, 1.82) is 0 Å². The Hall–Kier alpha value is -2.69. The van der Waals surface area contributed by atoms with E-state index >= 15 is 0 Å². The fourth-order valence-corrected chi connectivity index (χ4v) is 2.89. The van der Waals surface area contributed by atoms with E-state index < -0.39 is 11.4 Å². The monoisotopic (exact) mass is 297 g/mol. The van der Waals surface area contributed by atoms with Crippen LogP contribution in [0, 0.1) is 5.41 Å². The fraction of sp³-hybridized carbons (Fsp3) is 0.235. The number of carboxylic acids is 1. The number of nitrogens with zero attached hydrogens (tertiary/aromatic N) is 1. The lowest BCUT2D eigenvalue weighted by Crippen LogP contribution is -2.33. The second-order valence-electron chi connectivity index (χ2n) is 5.74. The van der Waals surface area contributed by atoms with Crippen molar-refractivity contribution in [2.75, 3.05) is 0 Å². The highest BCUT2D eigenvalue weighted by Gasteiger charge is 2.52. The Morgan fingerprint density at radius 3 is 2.55 bits per heavy atom. The largest absolute Gasteiger partial charge is 0.478 e. The average molecular weight is 297 g/mol. The van der Waals surface area contributed by atoms with Crippen LogP contribution in [0.5, 0.6) is 0 Å². The zero-order valence-corrected chi connectivity index (χ0v) is 12.1. The van der Waals surface area contributed by atoms with Gasteiger partial charge in [-0.1, -0.05) is 30.4 Å². The van der Waals surface area contributed by atoms with Gasteiger partial charge in [0, 0.05) is 5.57 Å². The van der Waals surface area contributed by atoms with E-state index in [4.69, 9.17) is 5.11 Å². The molecule has 2 amide bonds. The number of hydrogen-bond acceptors (Lipinski definition) is 3. The molecule has 2 aliphatic rings. The van der Waals surface area contributed by atoms with Crippen molar-refractivity contribution < 1.29 is 19.5 Å². The Bertz CT molecular complexity index is 730. The van der Waals surface area contributed by atoms with Crippen LogP contribution in [0.15, 0.2) is 48.1 Å². The molecule has 1 unspecified atom stereocenters. The number of carboxylic acid groups (broad SMARTS) is 1. The number of carbonyl (C=O) groups excluding carboxylic acids is 2. The second kappa shape index (κ2) is 4.94. The second-order valence-corrected chi connectivity index (χ2v) is 5.74. The lowest BCUT2D eigenvalue weighted by atomic mass is 9.78. The summed E-state index contributed by atoms with van der Waals surface area (Å²) in [6.45, 7) is 1.95. The van der Waals surface area contributed by atoms with E-state index in [1.807, 2.05) is 6.08 Å². The van der Waals surface area contributed by atoms with Crippen LogP contribution in [-0.2, 0) is 16.1 Å². The summed E-state index contributed by atoms with van der Waals surface area (Å²) < 4.78 is 0. The molecule has 1 aliphatic heterocycles. The zero-order valence-electron chi connectivity index (χ0n) is 12.1. The molecule has 5 nitrogen and oxygen atoms in total. The lowest BCUT2D eigenvalue weighted by Gasteiger charge is -2.22. The van der Waals surface area contributed by atoms with Crippen molar-refractivity contribution in [2.24, 2.45) is 5.41 Å². The summed E-state index contributed by atoms with van der Waals surface area (Å²) in [6, 6.07) is 6.19. The van der Waals surface area contributed by atoms with Gasteiger partial charge in [-0.25, -0.2) is 4.79 Å². The molecule has 0 spiro atoms. The van der Waals surface area contributed by atoms with E-state index in [9.17, 15) is 14.4 Å². The number of aromatic carboxylic acids is 1. The standard InChI is InChI=1S/C17H15NO4/c1-17-9-3-2-4-13(17)14(19)18(16(17)22)10-11-5-7-12(8-6-11)15(20)21/h2-8H,9-10H2,1H3,(H,20,21). The Morgan fingerprint density at radius 2 is 1.95 bits per heavy atom. The van der Waals surface area contributed by atoms with E-state index in [1.165, 1.54) is 17.0 Å². The molecule has 112 valence electrons. The van der Waals surface area contributed by atoms with Gasteiger partial charge in [0.1, 0.15) is 0 Å². The van der Waals surface area contributed by atoms with Crippen molar-refractivity contribution in [3.05, 3.63) is 59.2 Å². The highest BCUT2D eigenvalue weighted by Crippen LogP contribution is 2.43. The first-order chi connectivity index (χ1) is 10.4. The molecule has 1 fully saturated rings. The van der Waals surface area contributed by atoms with Crippen LogP contribution >= 0.6 is 0 Å². The molecule has 0 aromatic heterocycles. The minimum atomic E-state index is -1.00. The Morgan fingerprint density at radius 1 is 1.27 bits per heavy atom. The first-order valence-corrected chi connectivity index (χ1v) is 6.99. The van der Waals surface area contributed by atoms with Gasteiger partial charge >= 0.3 is 5.97 Å². The van der Waals surface area contributed by atoms with Gasteiger partial charge in [-0.3, -0.25) is 14.5 Å². The number of hydrogen-bond donors (Lipinski definition) is 1. The summed E-state index contributed by atoms with van der Waals surface area (Å²) in [5.74, 6) is -1.47. The topological polar surface area (TPSA) is 74.7 Å². The molecule has 1 atom stereocenters. The maximum Gasteiger partial charge on any atom is 0.335 e. The first-order valence-electron chi connectivity index (χ1n) is 6.99. The van der Waals surface area contributed by atoms with E-state index in [-0.39, 0.29) is 23.9 Å². The summed E-state index contributed by atoms with van der Waals surface area (Å²) in [5.41, 5.74) is 0.660. The highest BCUT2D eigenvalue weighted by molar-refractivity contribution is 6.17. The van der Waals surface area contributed by atoms with Crippen LogP contribution in [0.3, 0.4) is 0 Å². The first kappa shape index (κ1) is 14.3. The summed E-state index contributed by atoms with van der Waals surface area (Å²) >= 11 is 0. The Kier molecular flexibility index (Phi) is 3.20. The van der Waals surface area contributed by atoms with Gasteiger partial charge in [0.15, 0.2) is 0 Å². The molecule has 1 N–H and O–H groups in total. The van der Waals surface area contributed by atoms with Gasteiger partial charge in [0.2, 0.25) is 5.91 Å². The number of allylic oxidation sites excluding steroid dienone is 3. The summed E-state index contributed by atoms with van der Waals surface area (Å²) in [5, 5.41) is 8.89. The molecule has 3 rings (SSSR count). The lowest BCUT2D eigenvalue weighted by molar-refractivity contribution is -0.141. The zero-order chi connectivity index (χ0) is 15.9. The molecule has 22 heavy (non-hydrogen) atoms. The minimum absolute atomic E-state index is 0.157. The summed E-state index contributed by atoms with van der Waals surface area (Å²) in [7, 11) is 0. The van der Waals surface area contributed by atoms with Crippen LogP contribution in [0.4, 0.5) is 0 Å². The third-order valence-corrected chi connectivity index (χ3v) is 4.25. The molecule has 0 bridgehead atoms. The number of benzene rings is 1. The maximum atomic E-state index is 12.6. The molecule has 1 aromatic rings. The Balaban J connectivity index is 1.86. The molecular formula is C17H15NO4. The van der Waals surface area contributed by atoms with E-state index in [1.54, 1.807) is 31.2 Å². The molecule has 0 saturated carbocycles. The van der Waals surface area contributed by atoms with Gasteiger partial charge in [0.05, 0.1) is 17.5 Å². The Labute approximate surface area is 127 Å². The minimum Gasteiger partial charge on any atom is -0.478 e. The maximum absolute atomic E-state index is 12.6. The average Bonchev–Trinajstić information content (AvgIpc) is 2.69. The third-order valence-electron chi connectivity index (χ3n) is 4.25. The molecule has 0 radical (unpaired) electrons. The van der Waals surface area contributed by atoms with Crippen molar-refractivity contribution in [3.63, 3.8) is 0 Å². The quantitative estimate of drug-likeness (QED) is 0.867. The SMILES string of the molecule is CC12CC=CC=C1C(=O)N(Cc1ccc(C(=O)O)cc1)C2=O. The molecule has 1 aromatic carbocycles. The van der Waals surface area contributed by atoms with E-state index in [0.717, 1.165) is 5.56 Å². The summed E-state index contributed by atoms with van der Waals surface area (Å²) in [4.78, 5) is 37.1. The molecule has 1 heterocycles. The van der Waals surface area contributed by atoms with Crippen LogP contribution in [0.1, 0.15) is 29.3 Å². The van der Waals surface area contributed by atoms with Crippen molar-refractivity contribution in [2.45, 2.75) is 19.9 Å². The number of carbonyl (C=O) groups is 3. The molecule has 5 heteroatoms. The third kappa shape index (κ3) is 2.06. The van der Waals surface area contributed by atoms with E-state index in [0.29, 0.717) is 12.0 Å².